The molecule has 1 aromatic carbocycles. The number of aliphatic imine (C=N–C) groups is 1. The Balaban J connectivity index is 1.77. The first-order valence-electron chi connectivity index (χ1n) is 9.15. The van der Waals surface area contributed by atoms with Crippen LogP contribution in [0.2, 0.25) is 20.2 Å². The molecule has 3 aromatic rings. The van der Waals surface area contributed by atoms with E-state index in [2.05, 4.69) is 25.7 Å². The van der Waals surface area contributed by atoms with E-state index in [4.69, 9.17) is 46.4 Å². The van der Waals surface area contributed by atoms with Gasteiger partial charge in [-0.2, -0.15) is 5.10 Å². The summed E-state index contributed by atoms with van der Waals surface area (Å²) in [5, 5.41) is 10.3. The maximum atomic E-state index is 13.2. The number of aromatic nitrogens is 3. The van der Waals surface area contributed by atoms with Crippen LogP contribution in [-0.2, 0) is 4.79 Å². The van der Waals surface area contributed by atoms with Gasteiger partial charge in [-0.25, -0.2) is 9.67 Å². The average molecular weight is 512 g/mol. The second-order valence-electron chi connectivity index (χ2n) is 7.31. The van der Waals surface area contributed by atoms with Gasteiger partial charge in [0, 0.05) is 22.8 Å². The molecule has 1 aliphatic rings. The second-order valence-corrected chi connectivity index (χ2v) is 8.95. The highest BCUT2D eigenvalue weighted by molar-refractivity contribution is 6.38. The second kappa shape index (κ2) is 8.37. The molecule has 0 fully saturated rings. The van der Waals surface area contributed by atoms with Crippen molar-refractivity contribution in [3.63, 3.8) is 0 Å². The molecule has 4 rings (SSSR count). The van der Waals surface area contributed by atoms with Crippen LogP contribution in [0.25, 0.3) is 5.82 Å². The van der Waals surface area contributed by atoms with Crippen LogP contribution in [0, 0.1) is 0 Å². The molecule has 0 unspecified atom stereocenters. The molecule has 0 saturated carbocycles. The first-order valence-corrected chi connectivity index (χ1v) is 10.7. The van der Waals surface area contributed by atoms with E-state index in [1.54, 1.807) is 32.0 Å². The van der Waals surface area contributed by atoms with Crippen LogP contribution in [0.15, 0.2) is 41.5 Å². The van der Waals surface area contributed by atoms with Gasteiger partial charge >= 0.3 is 0 Å². The van der Waals surface area contributed by atoms with Crippen LogP contribution in [-0.4, -0.2) is 38.0 Å². The third-order valence-corrected chi connectivity index (χ3v) is 5.58. The Labute approximate surface area is 202 Å². The SMILES string of the molecule is CC1(C)N=C(c2cc(Cl)cc(Cl)c2NC(=O)c2cc(Cl)nn2-c2ncccc2Cl)NC1=O. The highest BCUT2D eigenvalue weighted by Crippen LogP contribution is 2.33. The minimum Gasteiger partial charge on any atom is -0.319 e. The van der Waals surface area contributed by atoms with Crippen molar-refractivity contribution in [3.05, 3.63) is 68.0 Å². The van der Waals surface area contributed by atoms with Gasteiger partial charge < -0.3 is 10.6 Å². The molecule has 2 N–H and O–H groups in total. The molecule has 8 nitrogen and oxygen atoms in total. The van der Waals surface area contributed by atoms with E-state index >= 15 is 0 Å². The Bertz CT molecular complexity index is 1300. The highest BCUT2D eigenvalue weighted by Gasteiger charge is 2.36. The zero-order valence-electron chi connectivity index (χ0n) is 16.6. The van der Waals surface area contributed by atoms with Gasteiger partial charge in [0.15, 0.2) is 11.0 Å². The zero-order valence-corrected chi connectivity index (χ0v) is 19.6. The number of anilines is 1. The molecule has 0 aliphatic carbocycles. The smallest absolute Gasteiger partial charge is 0.274 e. The molecule has 0 radical (unpaired) electrons. The zero-order chi connectivity index (χ0) is 23.2. The molecule has 0 atom stereocenters. The molecule has 32 heavy (non-hydrogen) atoms. The number of nitrogens with zero attached hydrogens (tertiary/aromatic N) is 4. The predicted octanol–water partition coefficient (Wildman–Crippen LogP) is 4.79. The number of hydrogen-bond donors (Lipinski definition) is 2. The maximum absolute atomic E-state index is 13.2. The van der Waals surface area contributed by atoms with Crippen molar-refractivity contribution in [2.45, 2.75) is 19.4 Å². The number of halogens is 4. The minimum absolute atomic E-state index is 0.0605. The van der Waals surface area contributed by atoms with Crippen LogP contribution < -0.4 is 10.6 Å². The largest absolute Gasteiger partial charge is 0.319 e. The number of amidine groups is 1. The summed E-state index contributed by atoms with van der Waals surface area (Å²) in [7, 11) is 0. The van der Waals surface area contributed by atoms with Gasteiger partial charge in [-0.1, -0.05) is 46.4 Å². The maximum Gasteiger partial charge on any atom is 0.274 e. The average Bonchev–Trinajstić information content (AvgIpc) is 3.23. The topological polar surface area (TPSA) is 101 Å². The fraction of sp³-hybridized carbons (Fsp3) is 0.150. The number of hydrogen-bond acceptors (Lipinski definition) is 5. The fourth-order valence-electron chi connectivity index (χ4n) is 3.02. The molecule has 164 valence electrons. The van der Waals surface area contributed by atoms with Crippen molar-refractivity contribution in [3.8, 4) is 5.82 Å². The summed E-state index contributed by atoms with van der Waals surface area (Å²) in [6.07, 6.45) is 1.51. The summed E-state index contributed by atoms with van der Waals surface area (Å²) in [6.45, 7) is 3.33. The monoisotopic (exact) mass is 510 g/mol. The fourth-order valence-corrected chi connectivity index (χ4v) is 3.94. The molecule has 3 heterocycles. The van der Waals surface area contributed by atoms with Crippen molar-refractivity contribution < 1.29 is 9.59 Å². The van der Waals surface area contributed by atoms with Crippen molar-refractivity contribution in [2.24, 2.45) is 4.99 Å². The Morgan fingerprint density at radius 1 is 1.12 bits per heavy atom. The summed E-state index contributed by atoms with van der Waals surface area (Å²) >= 11 is 24.8. The van der Waals surface area contributed by atoms with Crippen molar-refractivity contribution >= 4 is 69.7 Å². The molecule has 0 spiro atoms. The van der Waals surface area contributed by atoms with Gasteiger partial charge in [0.2, 0.25) is 0 Å². The molecule has 0 bridgehead atoms. The number of pyridine rings is 1. The van der Waals surface area contributed by atoms with Gasteiger partial charge in [-0.15, -0.1) is 0 Å². The van der Waals surface area contributed by atoms with Crippen molar-refractivity contribution in [1.29, 1.82) is 0 Å². The van der Waals surface area contributed by atoms with Gasteiger partial charge in [0.25, 0.3) is 11.8 Å². The number of carbonyl (C=O) groups excluding carboxylic acids is 2. The van der Waals surface area contributed by atoms with E-state index in [0.29, 0.717) is 10.6 Å². The number of nitrogens with one attached hydrogen (secondary N) is 2. The summed E-state index contributed by atoms with van der Waals surface area (Å²) in [5.74, 6) is -0.432. The van der Waals surface area contributed by atoms with Crippen LogP contribution in [0.4, 0.5) is 5.69 Å². The van der Waals surface area contributed by atoms with Crippen LogP contribution in [0.5, 0.6) is 0 Å². The molecular formula is C20H14Cl4N6O2. The predicted molar refractivity (Wildman–Crippen MR) is 125 cm³/mol. The lowest BCUT2D eigenvalue weighted by atomic mass is 10.1. The first-order chi connectivity index (χ1) is 15.1. The van der Waals surface area contributed by atoms with E-state index in [0.717, 1.165) is 0 Å². The highest BCUT2D eigenvalue weighted by atomic mass is 35.5. The summed E-state index contributed by atoms with van der Waals surface area (Å²) in [4.78, 5) is 34.0. The molecular weight excluding hydrogens is 498 g/mol. The van der Waals surface area contributed by atoms with Crippen LogP contribution in [0.3, 0.4) is 0 Å². The Kier molecular flexibility index (Phi) is 5.89. The Hall–Kier alpha value is -2.65. The number of amides is 2. The normalized spacial score (nSPS) is 14.8. The number of rotatable bonds is 4. The summed E-state index contributed by atoms with van der Waals surface area (Å²) < 4.78 is 1.22. The van der Waals surface area contributed by atoms with Crippen LogP contribution in [0.1, 0.15) is 29.9 Å². The number of benzene rings is 1. The van der Waals surface area contributed by atoms with E-state index in [1.807, 2.05) is 0 Å². The first kappa shape index (κ1) is 22.5. The van der Waals surface area contributed by atoms with E-state index in [1.165, 1.54) is 23.0 Å². The Morgan fingerprint density at radius 2 is 1.88 bits per heavy atom. The lowest BCUT2D eigenvalue weighted by Crippen LogP contribution is -2.34. The standard InChI is InChI=1S/C20H14Cl4N6O2/c1-20(2)19(32)27-16(28-20)10-6-9(21)7-12(23)15(10)26-18(31)13-8-14(24)29-30(13)17-11(22)4-3-5-25-17/h3-8H,1-2H3,(H,26,31)(H,27,28,32). The summed E-state index contributed by atoms with van der Waals surface area (Å²) in [6, 6.07) is 7.63. The van der Waals surface area contributed by atoms with Crippen molar-refractivity contribution in [1.82, 2.24) is 20.1 Å². The molecule has 12 heteroatoms. The van der Waals surface area contributed by atoms with Crippen LogP contribution >= 0.6 is 46.4 Å². The minimum atomic E-state index is -0.979. The number of carbonyl (C=O) groups is 2. The van der Waals surface area contributed by atoms with Gasteiger partial charge in [-0.3, -0.25) is 14.6 Å². The van der Waals surface area contributed by atoms with E-state index in [-0.39, 0.29) is 44.1 Å². The van der Waals surface area contributed by atoms with Crippen molar-refractivity contribution in [2.75, 3.05) is 5.32 Å². The lowest BCUT2D eigenvalue weighted by Gasteiger charge is -2.14. The molecule has 0 saturated heterocycles. The van der Waals surface area contributed by atoms with E-state index < -0.39 is 11.4 Å². The van der Waals surface area contributed by atoms with Gasteiger partial charge in [-0.05, 0) is 38.1 Å². The van der Waals surface area contributed by atoms with Gasteiger partial charge in [0.05, 0.1) is 15.7 Å². The molecule has 2 aromatic heterocycles. The Morgan fingerprint density at radius 3 is 2.53 bits per heavy atom. The third-order valence-electron chi connectivity index (χ3n) is 4.58. The molecule has 2 amide bonds. The quantitative estimate of drug-likeness (QED) is 0.525. The lowest BCUT2D eigenvalue weighted by molar-refractivity contribution is -0.122. The third kappa shape index (κ3) is 4.19. The van der Waals surface area contributed by atoms with Gasteiger partial charge in [0.1, 0.15) is 17.1 Å². The molecule has 1 aliphatic heterocycles. The van der Waals surface area contributed by atoms with E-state index in [9.17, 15) is 9.59 Å². The summed E-state index contributed by atoms with van der Waals surface area (Å²) in [5.41, 5.74) is -0.366.